The normalized spacial score (nSPS) is 15.5. The minimum Gasteiger partial charge on any atom is -0.490 e. The number of cyclic esters (lactones) is 1. The van der Waals surface area contributed by atoms with E-state index in [1.165, 1.54) is 30.9 Å². The molecule has 0 radical (unpaired) electrons. The second-order valence-corrected chi connectivity index (χ2v) is 6.70. The number of ether oxygens (including phenoxy) is 3. The SMILES string of the molecule is CC(=O)Oc1cc(N2CC(COc3cccc(C(C)=O)c3)OC2=O)ccc1C(=N)N. The molecule has 30 heavy (non-hydrogen) atoms. The van der Waals surface area contributed by atoms with Crippen molar-refractivity contribution >= 4 is 29.4 Å². The number of rotatable bonds is 7. The minimum atomic E-state index is -0.578. The van der Waals surface area contributed by atoms with E-state index >= 15 is 0 Å². The monoisotopic (exact) mass is 411 g/mol. The van der Waals surface area contributed by atoms with Crippen molar-refractivity contribution in [1.82, 2.24) is 0 Å². The van der Waals surface area contributed by atoms with E-state index in [4.69, 9.17) is 25.4 Å². The van der Waals surface area contributed by atoms with E-state index in [0.29, 0.717) is 17.0 Å². The molecule has 1 saturated heterocycles. The smallest absolute Gasteiger partial charge is 0.414 e. The van der Waals surface area contributed by atoms with Gasteiger partial charge in [-0.3, -0.25) is 19.9 Å². The van der Waals surface area contributed by atoms with Gasteiger partial charge in [-0.05, 0) is 31.2 Å². The number of benzene rings is 2. The number of anilines is 1. The number of nitrogen functional groups attached to an aromatic ring is 1. The zero-order chi connectivity index (χ0) is 21.8. The largest absolute Gasteiger partial charge is 0.490 e. The Hall–Kier alpha value is -3.88. The van der Waals surface area contributed by atoms with E-state index in [-0.39, 0.29) is 36.1 Å². The standard InChI is InChI=1S/C21H21N3O6/c1-12(25)14-4-3-5-16(8-14)28-11-17-10-24(21(27)30-17)15-6-7-18(20(22)23)19(9-15)29-13(2)26/h3-9,17H,10-11H2,1-2H3,(H3,22,23). The molecule has 156 valence electrons. The Balaban J connectivity index is 1.71. The predicted octanol–water partition coefficient (Wildman–Crippen LogP) is 2.50. The van der Waals surface area contributed by atoms with E-state index in [1.54, 1.807) is 30.3 Å². The van der Waals surface area contributed by atoms with Crippen molar-refractivity contribution in [3.63, 3.8) is 0 Å². The summed E-state index contributed by atoms with van der Waals surface area (Å²) in [4.78, 5) is 36.5. The average molecular weight is 411 g/mol. The summed E-state index contributed by atoms with van der Waals surface area (Å²) in [5.41, 5.74) is 6.72. The highest BCUT2D eigenvalue weighted by molar-refractivity contribution is 6.00. The fourth-order valence-corrected chi connectivity index (χ4v) is 2.95. The summed E-state index contributed by atoms with van der Waals surface area (Å²) in [6.45, 7) is 3.02. The van der Waals surface area contributed by atoms with Crippen LogP contribution in [0, 0.1) is 5.41 Å². The van der Waals surface area contributed by atoms with E-state index in [9.17, 15) is 14.4 Å². The lowest BCUT2D eigenvalue weighted by molar-refractivity contribution is -0.131. The molecule has 0 aliphatic carbocycles. The van der Waals surface area contributed by atoms with Gasteiger partial charge in [0.1, 0.15) is 23.9 Å². The number of amides is 1. The predicted molar refractivity (Wildman–Crippen MR) is 108 cm³/mol. The van der Waals surface area contributed by atoms with Crippen molar-refractivity contribution in [2.75, 3.05) is 18.1 Å². The van der Waals surface area contributed by atoms with Gasteiger partial charge in [0.2, 0.25) is 0 Å². The van der Waals surface area contributed by atoms with E-state index in [0.717, 1.165) is 0 Å². The Morgan fingerprint density at radius 3 is 2.67 bits per heavy atom. The fourth-order valence-electron chi connectivity index (χ4n) is 2.95. The molecule has 0 spiro atoms. The first kappa shape index (κ1) is 20.8. The molecule has 1 amide bonds. The zero-order valence-electron chi connectivity index (χ0n) is 16.5. The molecular weight excluding hydrogens is 390 g/mol. The van der Waals surface area contributed by atoms with Gasteiger partial charge in [-0.1, -0.05) is 12.1 Å². The summed E-state index contributed by atoms with van der Waals surface area (Å²) < 4.78 is 16.1. The van der Waals surface area contributed by atoms with Crippen LogP contribution < -0.4 is 20.1 Å². The molecule has 2 aromatic carbocycles. The number of nitrogens with zero attached hydrogens (tertiary/aromatic N) is 1. The summed E-state index contributed by atoms with van der Waals surface area (Å²) in [6, 6.07) is 11.3. The van der Waals surface area contributed by atoms with Crippen LogP contribution in [0.1, 0.15) is 29.8 Å². The Kier molecular flexibility index (Phi) is 6.01. The minimum absolute atomic E-state index is 0.0727. The molecule has 3 N–H and O–H groups in total. The van der Waals surface area contributed by atoms with Crippen LogP contribution in [0.4, 0.5) is 10.5 Å². The van der Waals surface area contributed by atoms with Gasteiger partial charge in [0.25, 0.3) is 0 Å². The van der Waals surface area contributed by atoms with Gasteiger partial charge in [-0.2, -0.15) is 0 Å². The van der Waals surface area contributed by atoms with E-state index < -0.39 is 18.2 Å². The van der Waals surface area contributed by atoms with Crippen molar-refractivity contribution in [2.45, 2.75) is 20.0 Å². The molecule has 0 bridgehead atoms. The molecule has 1 aliphatic heterocycles. The van der Waals surface area contributed by atoms with Crippen LogP contribution in [0.2, 0.25) is 0 Å². The van der Waals surface area contributed by atoms with Gasteiger partial charge >= 0.3 is 12.1 Å². The quantitative estimate of drug-likeness (QED) is 0.235. The van der Waals surface area contributed by atoms with Crippen LogP contribution in [0.25, 0.3) is 0 Å². The third-order valence-electron chi connectivity index (χ3n) is 4.37. The number of hydrogen-bond acceptors (Lipinski definition) is 7. The maximum absolute atomic E-state index is 12.3. The van der Waals surface area contributed by atoms with Crippen LogP contribution in [-0.2, 0) is 9.53 Å². The molecule has 9 heteroatoms. The topological polar surface area (TPSA) is 132 Å². The molecule has 0 saturated carbocycles. The van der Waals surface area contributed by atoms with Gasteiger partial charge in [-0.15, -0.1) is 0 Å². The van der Waals surface area contributed by atoms with Crippen LogP contribution in [0.3, 0.4) is 0 Å². The second-order valence-electron chi connectivity index (χ2n) is 6.70. The molecule has 1 atom stereocenters. The van der Waals surface area contributed by atoms with Crippen LogP contribution in [0.5, 0.6) is 11.5 Å². The average Bonchev–Trinajstić information content (AvgIpc) is 3.06. The number of Topliss-reactive ketones (excluding diaryl/α,β-unsaturated/α-hetero) is 1. The van der Waals surface area contributed by atoms with Crippen molar-refractivity contribution in [3.8, 4) is 11.5 Å². The van der Waals surface area contributed by atoms with E-state index in [1.807, 2.05) is 0 Å². The maximum atomic E-state index is 12.3. The molecule has 9 nitrogen and oxygen atoms in total. The molecule has 0 aromatic heterocycles. The fraction of sp³-hybridized carbons (Fsp3) is 0.238. The molecule has 1 heterocycles. The number of carbonyl (C=O) groups is 3. The first-order valence-electron chi connectivity index (χ1n) is 9.13. The Morgan fingerprint density at radius 2 is 2.00 bits per heavy atom. The highest BCUT2D eigenvalue weighted by Gasteiger charge is 2.33. The summed E-state index contributed by atoms with van der Waals surface area (Å²) in [7, 11) is 0. The molecular formula is C21H21N3O6. The van der Waals surface area contributed by atoms with Crippen LogP contribution in [0.15, 0.2) is 42.5 Å². The van der Waals surface area contributed by atoms with E-state index in [2.05, 4.69) is 0 Å². The summed E-state index contributed by atoms with van der Waals surface area (Å²) >= 11 is 0. The molecule has 3 rings (SSSR count). The number of nitrogens with one attached hydrogen (secondary N) is 1. The van der Waals surface area contributed by atoms with Crippen molar-refractivity contribution in [2.24, 2.45) is 5.73 Å². The third-order valence-corrected chi connectivity index (χ3v) is 4.37. The maximum Gasteiger partial charge on any atom is 0.414 e. The van der Waals surface area contributed by atoms with Gasteiger partial charge in [0.05, 0.1) is 17.8 Å². The number of esters is 1. The Morgan fingerprint density at radius 1 is 1.23 bits per heavy atom. The number of carbonyl (C=O) groups excluding carboxylic acids is 3. The lowest BCUT2D eigenvalue weighted by atomic mass is 10.1. The second kappa shape index (κ2) is 8.64. The summed E-state index contributed by atoms with van der Waals surface area (Å²) in [6.07, 6.45) is -1.12. The molecule has 1 unspecified atom stereocenters. The zero-order valence-corrected chi connectivity index (χ0v) is 16.5. The number of ketones is 1. The van der Waals surface area contributed by atoms with Crippen LogP contribution >= 0.6 is 0 Å². The van der Waals surface area contributed by atoms with Crippen LogP contribution in [-0.4, -0.2) is 42.9 Å². The number of nitrogens with two attached hydrogens (primary N) is 1. The van der Waals surface area contributed by atoms with Gasteiger partial charge in [-0.25, -0.2) is 4.79 Å². The Bertz CT molecular complexity index is 1020. The number of amidine groups is 1. The van der Waals surface area contributed by atoms with Crippen molar-refractivity contribution in [3.05, 3.63) is 53.6 Å². The first-order chi connectivity index (χ1) is 14.2. The van der Waals surface area contributed by atoms with Gasteiger partial charge in [0.15, 0.2) is 11.9 Å². The Labute approximate surface area is 172 Å². The number of hydrogen-bond donors (Lipinski definition) is 2. The highest BCUT2D eigenvalue weighted by Crippen LogP contribution is 2.29. The third kappa shape index (κ3) is 4.75. The highest BCUT2D eigenvalue weighted by atomic mass is 16.6. The molecule has 2 aromatic rings. The summed E-state index contributed by atoms with van der Waals surface area (Å²) in [5.74, 6) is -0.323. The first-order valence-corrected chi connectivity index (χ1v) is 9.13. The van der Waals surface area contributed by atoms with Gasteiger partial charge < -0.3 is 19.9 Å². The summed E-state index contributed by atoms with van der Waals surface area (Å²) in [5, 5.41) is 7.59. The van der Waals surface area contributed by atoms with Crippen molar-refractivity contribution < 1.29 is 28.6 Å². The molecule has 1 fully saturated rings. The lowest BCUT2D eigenvalue weighted by Gasteiger charge is -2.16. The molecule has 1 aliphatic rings. The van der Waals surface area contributed by atoms with Gasteiger partial charge in [0, 0.05) is 18.6 Å². The lowest BCUT2D eigenvalue weighted by Crippen LogP contribution is -2.27. The van der Waals surface area contributed by atoms with Crippen molar-refractivity contribution in [1.29, 1.82) is 5.41 Å².